The van der Waals surface area contributed by atoms with Crippen molar-refractivity contribution < 1.29 is 19.0 Å². The third kappa shape index (κ3) is 10.2. The van der Waals surface area contributed by atoms with Gasteiger partial charge in [-0.2, -0.15) is 0 Å². The standard InChI is InChI=1S/C22H24Cl4N2O4/c1-2-32-28-9-7-16-5-6-21(27-15-16)30-10-3-4-11-31-22-18(23)13-17(14-19(22)24)29-12-8-20(25)26/h5-6,8-9,13-15H,2-4,7,10-12H2,1H3/b28-9+. The molecule has 0 aliphatic carbocycles. The summed E-state index contributed by atoms with van der Waals surface area (Å²) in [5, 5.41) is 4.53. The first-order valence-corrected chi connectivity index (χ1v) is 11.5. The second-order valence-electron chi connectivity index (χ2n) is 6.34. The molecule has 0 amide bonds. The molecule has 0 saturated heterocycles. The van der Waals surface area contributed by atoms with Crippen LogP contribution in [0.1, 0.15) is 25.3 Å². The molecule has 0 aliphatic rings. The lowest BCUT2D eigenvalue weighted by molar-refractivity contribution is 0.160. The van der Waals surface area contributed by atoms with Crippen LogP contribution in [-0.4, -0.2) is 37.6 Å². The van der Waals surface area contributed by atoms with Crippen molar-refractivity contribution in [2.75, 3.05) is 26.4 Å². The van der Waals surface area contributed by atoms with Crippen LogP contribution in [0.15, 0.2) is 46.2 Å². The van der Waals surface area contributed by atoms with Gasteiger partial charge in [0.05, 0.1) is 23.3 Å². The SMILES string of the molecule is CCO/N=C/Cc1ccc(OCCCCOc2c(Cl)cc(OCC=C(Cl)Cl)cc2Cl)nc1. The molecule has 1 aromatic carbocycles. The van der Waals surface area contributed by atoms with Crippen molar-refractivity contribution in [3.05, 3.63) is 56.6 Å². The number of oxime groups is 1. The molecular weight excluding hydrogens is 498 g/mol. The predicted octanol–water partition coefficient (Wildman–Crippen LogP) is 6.89. The molecule has 1 heterocycles. The molecular formula is C22H24Cl4N2O4. The van der Waals surface area contributed by atoms with Crippen LogP contribution in [-0.2, 0) is 11.3 Å². The Labute approximate surface area is 208 Å². The molecule has 0 N–H and O–H groups in total. The summed E-state index contributed by atoms with van der Waals surface area (Å²) in [5.74, 6) is 1.48. The van der Waals surface area contributed by atoms with E-state index in [1.807, 2.05) is 19.1 Å². The fourth-order valence-electron chi connectivity index (χ4n) is 2.40. The lowest BCUT2D eigenvalue weighted by Gasteiger charge is -2.12. The topological polar surface area (TPSA) is 62.2 Å². The lowest BCUT2D eigenvalue weighted by Crippen LogP contribution is -2.04. The van der Waals surface area contributed by atoms with E-state index >= 15 is 0 Å². The molecule has 0 aliphatic heterocycles. The Bertz CT molecular complexity index is 865. The molecule has 10 heteroatoms. The van der Waals surface area contributed by atoms with Crippen LogP contribution in [0, 0.1) is 0 Å². The molecule has 0 fully saturated rings. The van der Waals surface area contributed by atoms with E-state index in [0.717, 1.165) is 18.4 Å². The lowest BCUT2D eigenvalue weighted by atomic mass is 10.2. The monoisotopic (exact) mass is 520 g/mol. The van der Waals surface area contributed by atoms with Gasteiger partial charge < -0.3 is 19.0 Å². The van der Waals surface area contributed by atoms with E-state index in [1.165, 1.54) is 6.08 Å². The van der Waals surface area contributed by atoms with E-state index in [4.69, 9.17) is 65.5 Å². The zero-order valence-corrected chi connectivity index (χ0v) is 20.6. The third-order valence-corrected chi connectivity index (χ3v) is 4.77. The Morgan fingerprint density at radius 2 is 1.75 bits per heavy atom. The number of nitrogens with zero attached hydrogens (tertiary/aromatic N) is 2. The number of hydrogen-bond donors (Lipinski definition) is 0. The van der Waals surface area contributed by atoms with Gasteiger partial charge in [-0.3, -0.25) is 0 Å². The maximum absolute atomic E-state index is 6.25. The van der Waals surface area contributed by atoms with E-state index in [-0.39, 0.29) is 11.1 Å². The van der Waals surface area contributed by atoms with Gasteiger partial charge >= 0.3 is 0 Å². The van der Waals surface area contributed by atoms with Gasteiger partial charge in [0.1, 0.15) is 23.5 Å². The van der Waals surface area contributed by atoms with Crippen LogP contribution in [0.3, 0.4) is 0 Å². The van der Waals surface area contributed by atoms with Gasteiger partial charge in [-0.15, -0.1) is 0 Å². The molecule has 0 radical (unpaired) electrons. The van der Waals surface area contributed by atoms with Crippen molar-refractivity contribution in [1.82, 2.24) is 4.98 Å². The minimum absolute atomic E-state index is 0.127. The number of ether oxygens (including phenoxy) is 3. The molecule has 0 unspecified atom stereocenters. The van der Waals surface area contributed by atoms with E-state index in [9.17, 15) is 0 Å². The number of hydrogen-bond acceptors (Lipinski definition) is 6. The van der Waals surface area contributed by atoms with Crippen molar-refractivity contribution in [2.24, 2.45) is 5.16 Å². The van der Waals surface area contributed by atoms with Crippen LogP contribution in [0.4, 0.5) is 0 Å². The fraction of sp³-hybridized carbons (Fsp3) is 0.364. The first kappa shape index (κ1) is 26.4. The highest BCUT2D eigenvalue weighted by atomic mass is 35.5. The Morgan fingerprint density at radius 3 is 2.38 bits per heavy atom. The zero-order chi connectivity index (χ0) is 23.2. The number of aromatic nitrogens is 1. The van der Waals surface area contributed by atoms with Gasteiger partial charge in [-0.05, 0) is 31.4 Å². The third-order valence-electron chi connectivity index (χ3n) is 3.90. The number of unbranched alkanes of at least 4 members (excludes halogenated alkanes) is 1. The smallest absolute Gasteiger partial charge is 0.213 e. The van der Waals surface area contributed by atoms with Crippen LogP contribution in [0.2, 0.25) is 10.0 Å². The van der Waals surface area contributed by atoms with E-state index in [1.54, 1.807) is 24.5 Å². The number of rotatable bonds is 14. The van der Waals surface area contributed by atoms with E-state index < -0.39 is 0 Å². The van der Waals surface area contributed by atoms with Crippen molar-refractivity contribution in [1.29, 1.82) is 0 Å². The maximum Gasteiger partial charge on any atom is 0.213 e. The predicted molar refractivity (Wildman–Crippen MR) is 130 cm³/mol. The molecule has 174 valence electrons. The highest BCUT2D eigenvalue weighted by molar-refractivity contribution is 6.55. The van der Waals surface area contributed by atoms with Gasteiger partial charge in [0.2, 0.25) is 5.88 Å². The van der Waals surface area contributed by atoms with Crippen LogP contribution >= 0.6 is 46.4 Å². The van der Waals surface area contributed by atoms with E-state index in [0.29, 0.717) is 53.7 Å². The average Bonchev–Trinajstić information content (AvgIpc) is 2.76. The van der Waals surface area contributed by atoms with Crippen molar-refractivity contribution in [3.63, 3.8) is 0 Å². The number of benzene rings is 1. The normalized spacial score (nSPS) is 10.8. The largest absolute Gasteiger partial charge is 0.490 e. The second kappa shape index (κ2) is 15.1. The fourth-order valence-corrected chi connectivity index (χ4v) is 3.10. The Kier molecular flexibility index (Phi) is 12.4. The minimum Gasteiger partial charge on any atom is -0.490 e. The molecule has 2 rings (SSSR count). The minimum atomic E-state index is 0.127. The summed E-state index contributed by atoms with van der Waals surface area (Å²) < 4.78 is 17.0. The summed E-state index contributed by atoms with van der Waals surface area (Å²) in [6.07, 6.45) is 7.17. The highest BCUT2D eigenvalue weighted by Gasteiger charge is 2.10. The summed E-state index contributed by atoms with van der Waals surface area (Å²) in [4.78, 5) is 9.20. The highest BCUT2D eigenvalue weighted by Crippen LogP contribution is 2.37. The Morgan fingerprint density at radius 1 is 1.03 bits per heavy atom. The molecule has 6 nitrogen and oxygen atoms in total. The Hall–Kier alpha value is -1.86. The first-order chi connectivity index (χ1) is 15.5. The van der Waals surface area contributed by atoms with Crippen LogP contribution in [0.5, 0.6) is 17.4 Å². The summed E-state index contributed by atoms with van der Waals surface area (Å²) in [5.41, 5.74) is 1.03. The quantitative estimate of drug-likeness (QED) is 0.154. The van der Waals surface area contributed by atoms with Crippen LogP contribution in [0.25, 0.3) is 0 Å². The molecule has 0 spiro atoms. The molecule has 0 atom stereocenters. The molecule has 0 bridgehead atoms. The summed E-state index contributed by atoms with van der Waals surface area (Å²) in [7, 11) is 0. The molecule has 1 aromatic heterocycles. The second-order valence-corrected chi connectivity index (χ2v) is 8.16. The summed E-state index contributed by atoms with van der Waals surface area (Å²) >= 11 is 23.6. The van der Waals surface area contributed by atoms with Gasteiger partial charge in [-0.25, -0.2) is 4.98 Å². The van der Waals surface area contributed by atoms with E-state index in [2.05, 4.69) is 10.1 Å². The van der Waals surface area contributed by atoms with Gasteiger partial charge in [0.15, 0.2) is 5.75 Å². The van der Waals surface area contributed by atoms with Crippen molar-refractivity contribution in [3.8, 4) is 17.4 Å². The molecule has 2 aromatic rings. The molecule has 0 saturated carbocycles. The molecule has 32 heavy (non-hydrogen) atoms. The first-order valence-electron chi connectivity index (χ1n) is 9.97. The summed E-state index contributed by atoms with van der Waals surface area (Å²) in [6.45, 7) is 3.60. The van der Waals surface area contributed by atoms with Gasteiger partial charge in [0, 0.05) is 37.0 Å². The number of halogens is 4. The van der Waals surface area contributed by atoms with Crippen LogP contribution < -0.4 is 14.2 Å². The van der Waals surface area contributed by atoms with Gasteiger partial charge in [0.25, 0.3) is 0 Å². The maximum atomic E-state index is 6.25. The average molecular weight is 522 g/mol. The zero-order valence-electron chi connectivity index (χ0n) is 17.5. The van der Waals surface area contributed by atoms with Gasteiger partial charge in [-0.1, -0.05) is 57.6 Å². The summed E-state index contributed by atoms with van der Waals surface area (Å²) in [6, 6.07) is 7.03. The Balaban J connectivity index is 1.68. The van der Waals surface area contributed by atoms with Crippen molar-refractivity contribution in [2.45, 2.75) is 26.2 Å². The number of pyridine rings is 1. The van der Waals surface area contributed by atoms with Crippen molar-refractivity contribution >= 4 is 52.6 Å².